The minimum Gasteiger partial charge on any atom is -0.360 e. The number of aryl methyl sites for hydroxylation is 1. The van der Waals surface area contributed by atoms with Gasteiger partial charge in [0.1, 0.15) is 6.17 Å². The number of allylic oxidation sites excluding steroid dienone is 6. The zero-order chi connectivity index (χ0) is 43.0. The summed E-state index contributed by atoms with van der Waals surface area (Å²) in [7, 11) is 0. The molecular weight excluding hydrogens is 787 g/mol. The second-order valence-electron chi connectivity index (χ2n) is 18.2. The number of aromatic nitrogens is 1. The molecule has 2 aromatic heterocycles. The monoisotopic (exact) mass is 829 g/mol. The molecule has 0 radical (unpaired) electrons. The summed E-state index contributed by atoms with van der Waals surface area (Å²) in [6.45, 7) is 6.46. The molecule has 306 valence electrons. The van der Waals surface area contributed by atoms with Crippen LogP contribution in [0.1, 0.15) is 69.6 Å². The largest absolute Gasteiger partial charge is 0.360 e. The van der Waals surface area contributed by atoms with E-state index in [0.29, 0.717) is 0 Å². The van der Waals surface area contributed by atoms with Crippen LogP contribution in [-0.4, -0.2) is 10.1 Å². The Labute approximate surface area is 378 Å². The summed E-state index contributed by atoms with van der Waals surface area (Å²) in [6.07, 6.45) is 8.05. The number of aliphatic imine (C=N–C) groups is 1. The van der Waals surface area contributed by atoms with Gasteiger partial charge in [-0.15, -0.1) is 0 Å². The van der Waals surface area contributed by atoms with Crippen LogP contribution >= 0.6 is 0 Å². The molecule has 0 bridgehead atoms. The molecule has 3 heteroatoms. The van der Waals surface area contributed by atoms with Gasteiger partial charge < -0.3 is 9.72 Å². The van der Waals surface area contributed by atoms with Gasteiger partial charge in [-0.05, 0) is 135 Å². The van der Waals surface area contributed by atoms with Crippen molar-refractivity contribution in [3.05, 3.63) is 262 Å². The fourth-order valence-electron chi connectivity index (χ4n) is 12.4. The van der Waals surface area contributed by atoms with Crippen molar-refractivity contribution in [2.24, 2.45) is 4.99 Å². The lowest BCUT2D eigenvalue weighted by Crippen LogP contribution is -2.29. The lowest BCUT2D eigenvalue weighted by atomic mass is 9.66. The number of nitrogens with one attached hydrogen (secondary N) is 1. The van der Waals surface area contributed by atoms with Crippen molar-refractivity contribution in [3.63, 3.8) is 0 Å². The van der Waals surface area contributed by atoms with E-state index < -0.39 is 5.41 Å². The van der Waals surface area contributed by atoms with Crippen LogP contribution in [0.15, 0.2) is 217 Å². The molecule has 2 unspecified atom stereocenters. The van der Waals surface area contributed by atoms with Crippen LogP contribution < -0.4 is 5.32 Å². The fourth-order valence-corrected chi connectivity index (χ4v) is 12.4. The highest BCUT2D eigenvalue weighted by molar-refractivity contribution is 6.25. The fraction of sp³-hybridized carbons (Fsp3) is 0.0806. The van der Waals surface area contributed by atoms with Gasteiger partial charge in [-0.25, -0.2) is 0 Å². The Kier molecular flexibility index (Phi) is 7.57. The highest BCUT2D eigenvalue weighted by Gasteiger charge is 2.54. The van der Waals surface area contributed by atoms with Gasteiger partial charge in [0.15, 0.2) is 0 Å². The summed E-state index contributed by atoms with van der Waals surface area (Å²) in [6, 6.07) is 65.4. The molecule has 3 nitrogen and oxygen atoms in total. The summed E-state index contributed by atoms with van der Waals surface area (Å²) in [5, 5.41) is 9.10. The molecule has 3 heterocycles. The third kappa shape index (κ3) is 4.87. The Hall–Kier alpha value is -8.01. The third-order valence-electron chi connectivity index (χ3n) is 15.1. The quantitative estimate of drug-likeness (QED) is 0.172. The predicted octanol–water partition coefficient (Wildman–Crippen LogP) is 15.0. The Balaban J connectivity index is 1.05. The highest BCUT2D eigenvalue weighted by Crippen LogP contribution is 2.64. The molecule has 4 aliphatic rings. The molecule has 0 saturated carbocycles. The number of benzene rings is 8. The molecule has 8 aromatic carbocycles. The van der Waals surface area contributed by atoms with E-state index in [2.05, 4.69) is 211 Å². The first-order valence-corrected chi connectivity index (χ1v) is 22.9. The number of nitrogens with zero attached hydrogens (tertiary/aromatic N) is 2. The number of hydrogen-bond donors (Lipinski definition) is 1. The SMILES string of the molecule is C=C/C=C\C1=C(C)c2ccccc2C12C1=C(c3cc4c(cc3CC1)c1cc(-c3ccccc3)cc3c5ccccc5n4c31)c1cc(C3N=C(c4ccccc4)c4ccccc4N3)ccc12. The first-order chi connectivity index (χ1) is 32.1. The van der Waals surface area contributed by atoms with Gasteiger partial charge in [0.25, 0.3) is 0 Å². The number of fused-ring (bicyclic) bond motifs is 15. The van der Waals surface area contributed by atoms with E-state index in [1.807, 2.05) is 6.08 Å². The van der Waals surface area contributed by atoms with Crippen molar-refractivity contribution in [1.29, 1.82) is 0 Å². The number of rotatable bonds is 5. The van der Waals surface area contributed by atoms with Crippen LogP contribution in [0.3, 0.4) is 0 Å². The summed E-state index contributed by atoms with van der Waals surface area (Å²) >= 11 is 0. The Bertz CT molecular complexity index is 3820. The zero-order valence-electron chi connectivity index (χ0n) is 36.1. The smallest absolute Gasteiger partial charge is 0.145 e. The van der Waals surface area contributed by atoms with Crippen LogP contribution in [-0.2, 0) is 11.8 Å². The molecular formula is C62H43N3. The van der Waals surface area contributed by atoms with Crippen LogP contribution in [0.2, 0.25) is 0 Å². The molecule has 10 aromatic rings. The van der Waals surface area contributed by atoms with Crippen molar-refractivity contribution >= 4 is 60.6 Å². The molecule has 1 spiro atoms. The average Bonchev–Trinajstić information content (AvgIpc) is 4.05. The molecule has 0 saturated heterocycles. The van der Waals surface area contributed by atoms with Gasteiger partial charge in [0.05, 0.1) is 27.7 Å². The van der Waals surface area contributed by atoms with Gasteiger partial charge in [0.2, 0.25) is 0 Å². The number of anilines is 1. The summed E-state index contributed by atoms with van der Waals surface area (Å²) < 4.78 is 2.55. The number of para-hydroxylation sites is 2. The van der Waals surface area contributed by atoms with Crippen LogP contribution in [0, 0.1) is 0 Å². The molecule has 3 aliphatic carbocycles. The third-order valence-corrected chi connectivity index (χ3v) is 15.1. The van der Waals surface area contributed by atoms with E-state index in [4.69, 9.17) is 4.99 Å². The summed E-state index contributed by atoms with van der Waals surface area (Å²) in [5.41, 5.74) is 25.0. The molecule has 1 aliphatic heterocycles. The minimum absolute atomic E-state index is 0.268. The van der Waals surface area contributed by atoms with Gasteiger partial charge in [-0.1, -0.05) is 158 Å². The van der Waals surface area contributed by atoms with E-state index in [9.17, 15) is 0 Å². The van der Waals surface area contributed by atoms with Crippen molar-refractivity contribution in [3.8, 4) is 11.1 Å². The summed E-state index contributed by atoms with van der Waals surface area (Å²) in [5.74, 6) is 0. The first-order valence-electron chi connectivity index (χ1n) is 22.9. The van der Waals surface area contributed by atoms with E-state index in [0.717, 1.165) is 40.9 Å². The number of hydrogen-bond acceptors (Lipinski definition) is 2. The zero-order valence-corrected chi connectivity index (χ0v) is 36.1. The molecule has 2 atom stereocenters. The van der Waals surface area contributed by atoms with E-state index in [-0.39, 0.29) is 6.17 Å². The van der Waals surface area contributed by atoms with Crippen LogP contribution in [0.4, 0.5) is 5.69 Å². The minimum atomic E-state index is -0.438. The average molecular weight is 830 g/mol. The van der Waals surface area contributed by atoms with E-state index in [1.54, 1.807) is 0 Å². The maximum Gasteiger partial charge on any atom is 0.145 e. The highest BCUT2D eigenvalue weighted by atomic mass is 15.1. The maximum atomic E-state index is 5.53. The van der Waals surface area contributed by atoms with Gasteiger partial charge in [-0.3, -0.25) is 4.99 Å². The maximum absolute atomic E-state index is 5.53. The first kappa shape index (κ1) is 36.5. The van der Waals surface area contributed by atoms with Gasteiger partial charge in [0, 0.05) is 38.4 Å². The van der Waals surface area contributed by atoms with Crippen molar-refractivity contribution < 1.29 is 0 Å². The normalized spacial score (nSPS) is 18.4. The van der Waals surface area contributed by atoms with E-state index in [1.165, 1.54) is 105 Å². The topological polar surface area (TPSA) is 28.8 Å². The van der Waals surface area contributed by atoms with Gasteiger partial charge >= 0.3 is 0 Å². The van der Waals surface area contributed by atoms with Gasteiger partial charge in [-0.2, -0.15) is 0 Å². The van der Waals surface area contributed by atoms with Crippen LogP contribution in [0.5, 0.6) is 0 Å². The van der Waals surface area contributed by atoms with Crippen molar-refractivity contribution in [1.82, 2.24) is 4.40 Å². The Morgan fingerprint density at radius 2 is 1.31 bits per heavy atom. The predicted molar refractivity (Wildman–Crippen MR) is 271 cm³/mol. The molecule has 0 amide bonds. The second-order valence-corrected chi connectivity index (χ2v) is 18.2. The molecule has 0 fully saturated rings. The van der Waals surface area contributed by atoms with Crippen LogP contribution in [0.25, 0.3) is 60.4 Å². The lowest BCUT2D eigenvalue weighted by molar-refractivity contribution is 0.700. The standard InChI is InChI=1S/C62H43N3/c1-3-4-24-51-37(2)43-21-11-14-25-52(43)62(51)53-30-29-41(61-63-55-26-15-12-23-45(55)59(64-61)39-19-9-6-10-20-39)33-50(53)58-46-36-57-47(32-40(46)28-31-54(58)62)49-35-42(38-17-7-5-8-18-38)34-48-44-22-13-16-27-56(44)65(57)60(48)49/h3-27,29-30,32-36,61,63H,1,28,31H2,2H3/b24-4-. The Morgan fingerprint density at radius 3 is 2.14 bits per heavy atom. The Morgan fingerprint density at radius 1 is 0.600 bits per heavy atom. The molecule has 1 N–H and O–H groups in total. The molecule has 65 heavy (non-hydrogen) atoms. The lowest BCUT2D eigenvalue weighted by Gasteiger charge is -2.35. The summed E-state index contributed by atoms with van der Waals surface area (Å²) in [4.78, 5) is 5.53. The molecule has 14 rings (SSSR count). The van der Waals surface area contributed by atoms with Crippen molar-refractivity contribution in [2.45, 2.75) is 31.3 Å². The van der Waals surface area contributed by atoms with E-state index >= 15 is 0 Å². The second kappa shape index (κ2) is 13.5. The van der Waals surface area contributed by atoms with Crippen molar-refractivity contribution in [2.75, 3.05) is 5.32 Å².